The highest BCUT2D eigenvalue weighted by atomic mass is 32.2. The van der Waals surface area contributed by atoms with Crippen molar-refractivity contribution in [2.75, 3.05) is 30.5 Å². The summed E-state index contributed by atoms with van der Waals surface area (Å²) in [4.78, 5) is 25.5. The summed E-state index contributed by atoms with van der Waals surface area (Å²) in [6.07, 6.45) is 0.433. The zero-order valence-electron chi connectivity index (χ0n) is 12.0. The molecule has 3 rings (SSSR count). The predicted octanol–water partition coefficient (Wildman–Crippen LogP) is 0.277. The van der Waals surface area contributed by atoms with E-state index in [4.69, 9.17) is 4.74 Å². The number of sulfone groups is 1. The molecule has 22 heavy (non-hydrogen) atoms. The molecule has 118 valence electrons. The number of rotatable bonds is 2. The second kappa shape index (κ2) is 5.28. The molecule has 0 spiro atoms. The molecule has 2 aliphatic rings. The number of amides is 2. The van der Waals surface area contributed by atoms with Crippen molar-refractivity contribution in [3.63, 3.8) is 0 Å². The lowest BCUT2D eigenvalue weighted by Gasteiger charge is -2.26. The highest BCUT2D eigenvalue weighted by Gasteiger charge is 2.34. The molecular weight excluding hydrogens is 308 g/mol. The molecule has 2 heterocycles. The van der Waals surface area contributed by atoms with Crippen molar-refractivity contribution in [2.45, 2.75) is 12.5 Å². The summed E-state index contributed by atoms with van der Waals surface area (Å²) in [5, 5.41) is 2.64. The van der Waals surface area contributed by atoms with Gasteiger partial charge in [0.1, 0.15) is 5.75 Å². The van der Waals surface area contributed by atoms with Crippen LogP contribution >= 0.6 is 0 Å². The van der Waals surface area contributed by atoms with Crippen molar-refractivity contribution >= 4 is 27.3 Å². The Kier molecular flexibility index (Phi) is 3.56. The van der Waals surface area contributed by atoms with Gasteiger partial charge in [0.05, 0.1) is 22.8 Å². The molecule has 0 aliphatic carbocycles. The van der Waals surface area contributed by atoms with E-state index in [1.807, 2.05) is 0 Å². The van der Waals surface area contributed by atoms with E-state index < -0.39 is 9.84 Å². The maximum Gasteiger partial charge on any atom is 0.262 e. The summed E-state index contributed by atoms with van der Waals surface area (Å²) in [6.45, 7) is -0.0820. The lowest BCUT2D eigenvalue weighted by molar-refractivity contribution is -0.118. The third-order valence-corrected chi connectivity index (χ3v) is 5.71. The van der Waals surface area contributed by atoms with Crippen molar-refractivity contribution < 1.29 is 22.7 Å². The molecule has 2 amide bonds. The summed E-state index contributed by atoms with van der Waals surface area (Å²) >= 11 is 0. The molecule has 1 saturated heterocycles. The Morgan fingerprint density at radius 2 is 2.18 bits per heavy atom. The van der Waals surface area contributed by atoms with Crippen LogP contribution in [0.3, 0.4) is 0 Å². The monoisotopic (exact) mass is 324 g/mol. The Balaban J connectivity index is 1.88. The van der Waals surface area contributed by atoms with Gasteiger partial charge in [-0.3, -0.25) is 9.59 Å². The highest BCUT2D eigenvalue weighted by molar-refractivity contribution is 7.91. The summed E-state index contributed by atoms with van der Waals surface area (Å²) < 4.78 is 28.4. The topological polar surface area (TPSA) is 92.8 Å². The maximum absolute atomic E-state index is 12.6. The average Bonchev–Trinajstić information content (AvgIpc) is 2.85. The van der Waals surface area contributed by atoms with Gasteiger partial charge in [-0.2, -0.15) is 0 Å². The number of nitrogens with one attached hydrogen (secondary N) is 1. The fourth-order valence-electron chi connectivity index (χ4n) is 2.71. The van der Waals surface area contributed by atoms with Crippen LogP contribution in [0.5, 0.6) is 5.75 Å². The standard InChI is InChI=1S/C14H16N2O5S/c1-16(9-5-6-22(19,20)8-9)14(18)10-3-2-4-11-13(10)15-12(17)7-21-11/h2-4,9H,5-8H2,1H3,(H,15,17). The number of anilines is 1. The summed E-state index contributed by atoms with van der Waals surface area (Å²) in [5.41, 5.74) is 0.647. The SMILES string of the molecule is CN(C(=O)c1cccc2c1NC(=O)CO2)C1CCS(=O)(=O)C1. The van der Waals surface area contributed by atoms with Crippen molar-refractivity contribution in [2.24, 2.45) is 0 Å². The van der Waals surface area contributed by atoms with E-state index >= 15 is 0 Å². The molecule has 1 aromatic carbocycles. The molecule has 1 aromatic rings. The molecule has 1 N–H and O–H groups in total. The minimum Gasteiger partial charge on any atom is -0.482 e. The largest absolute Gasteiger partial charge is 0.482 e. The van der Waals surface area contributed by atoms with Crippen molar-refractivity contribution in [1.82, 2.24) is 4.90 Å². The van der Waals surface area contributed by atoms with E-state index in [1.54, 1.807) is 25.2 Å². The lowest BCUT2D eigenvalue weighted by Crippen LogP contribution is -2.38. The van der Waals surface area contributed by atoms with Crippen molar-refractivity contribution in [3.05, 3.63) is 23.8 Å². The van der Waals surface area contributed by atoms with Crippen LogP contribution in [-0.2, 0) is 14.6 Å². The number of ether oxygens (including phenoxy) is 1. The molecule has 1 unspecified atom stereocenters. The number of benzene rings is 1. The summed E-state index contributed by atoms with van der Waals surface area (Å²) in [5.74, 6) is -0.128. The van der Waals surface area contributed by atoms with E-state index in [0.29, 0.717) is 23.4 Å². The minimum absolute atomic E-state index is 0.0207. The number of carbonyl (C=O) groups is 2. The zero-order valence-corrected chi connectivity index (χ0v) is 12.9. The normalized spacial score (nSPS) is 22.4. The molecule has 0 radical (unpaired) electrons. The molecule has 0 saturated carbocycles. The minimum atomic E-state index is -3.07. The quantitative estimate of drug-likeness (QED) is 0.843. The van der Waals surface area contributed by atoms with Gasteiger partial charge in [-0.25, -0.2) is 8.42 Å². The molecule has 0 aromatic heterocycles. The number of hydrogen-bond donors (Lipinski definition) is 1. The molecule has 7 nitrogen and oxygen atoms in total. The van der Waals surface area contributed by atoms with Crippen LogP contribution in [0.4, 0.5) is 5.69 Å². The summed E-state index contributed by atoms with van der Waals surface area (Å²) in [7, 11) is -1.49. The Hall–Kier alpha value is -2.09. The Labute approximate surface area is 128 Å². The average molecular weight is 324 g/mol. The fourth-order valence-corrected chi connectivity index (χ4v) is 4.49. The van der Waals surface area contributed by atoms with Crippen LogP contribution in [0.1, 0.15) is 16.8 Å². The van der Waals surface area contributed by atoms with Gasteiger partial charge in [-0.05, 0) is 18.6 Å². The first kappa shape index (κ1) is 14.8. The Bertz CT molecular complexity index is 744. The zero-order chi connectivity index (χ0) is 15.9. The van der Waals surface area contributed by atoms with E-state index in [2.05, 4.69) is 5.32 Å². The van der Waals surface area contributed by atoms with Crippen molar-refractivity contribution in [1.29, 1.82) is 0 Å². The third-order valence-electron chi connectivity index (χ3n) is 3.96. The second-order valence-electron chi connectivity index (χ2n) is 5.49. The number of fused-ring (bicyclic) bond motifs is 1. The van der Waals surface area contributed by atoms with E-state index in [9.17, 15) is 18.0 Å². The first-order valence-electron chi connectivity index (χ1n) is 6.90. The molecule has 8 heteroatoms. The van der Waals surface area contributed by atoms with Gasteiger partial charge in [0.15, 0.2) is 16.4 Å². The molecular formula is C14H16N2O5S. The van der Waals surface area contributed by atoms with Gasteiger partial charge in [0.25, 0.3) is 11.8 Å². The van der Waals surface area contributed by atoms with E-state index in [1.165, 1.54) is 4.90 Å². The third kappa shape index (κ3) is 2.66. The van der Waals surface area contributed by atoms with Gasteiger partial charge in [-0.15, -0.1) is 0 Å². The van der Waals surface area contributed by atoms with Gasteiger partial charge in [0.2, 0.25) is 0 Å². The Morgan fingerprint density at radius 3 is 2.86 bits per heavy atom. The highest BCUT2D eigenvalue weighted by Crippen LogP contribution is 2.32. The first-order valence-corrected chi connectivity index (χ1v) is 8.73. The second-order valence-corrected chi connectivity index (χ2v) is 7.72. The van der Waals surface area contributed by atoms with Crippen LogP contribution in [0, 0.1) is 0 Å². The van der Waals surface area contributed by atoms with E-state index in [0.717, 1.165) is 0 Å². The van der Waals surface area contributed by atoms with Crippen molar-refractivity contribution in [3.8, 4) is 5.75 Å². The van der Waals surface area contributed by atoms with Crippen LogP contribution in [0.15, 0.2) is 18.2 Å². The van der Waals surface area contributed by atoms with Crippen LogP contribution in [0.25, 0.3) is 0 Å². The molecule has 1 fully saturated rings. The van der Waals surface area contributed by atoms with Gasteiger partial charge >= 0.3 is 0 Å². The number of carbonyl (C=O) groups excluding carboxylic acids is 2. The maximum atomic E-state index is 12.6. The fraction of sp³-hybridized carbons (Fsp3) is 0.429. The molecule has 1 atom stereocenters. The van der Waals surface area contributed by atoms with Crippen LogP contribution < -0.4 is 10.1 Å². The predicted molar refractivity (Wildman–Crippen MR) is 79.7 cm³/mol. The van der Waals surface area contributed by atoms with Gasteiger partial charge in [-0.1, -0.05) is 6.07 Å². The smallest absolute Gasteiger partial charge is 0.262 e. The molecule has 2 aliphatic heterocycles. The molecule has 0 bridgehead atoms. The van der Waals surface area contributed by atoms with Gasteiger partial charge in [0, 0.05) is 13.1 Å². The summed E-state index contributed by atoms with van der Waals surface area (Å²) in [6, 6.07) is 4.60. The van der Waals surface area contributed by atoms with Gasteiger partial charge < -0.3 is 15.0 Å². The first-order chi connectivity index (χ1) is 10.4. The number of nitrogens with zero attached hydrogens (tertiary/aromatic N) is 1. The Morgan fingerprint density at radius 1 is 1.41 bits per heavy atom. The van der Waals surface area contributed by atoms with Crippen LogP contribution in [0.2, 0.25) is 0 Å². The number of hydrogen-bond acceptors (Lipinski definition) is 5. The number of para-hydroxylation sites is 1. The van der Waals surface area contributed by atoms with E-state index in [-0.39, 0.29) is 36.0 Å². The van der Waals surface area contributed by atoms with Crippen LogP contribution in [-0.4, -0.2) is 56.3 Å². The lowest BCUT2D eigenvalue weighted by atomic mass is 10.1.